The van der Waals surface area contributed by atoms with Crippen molar-refractivity contribution in [2.24, 2.45) is 0 Å². The molecule has 0 saturated carbocycles. The zero-order valence-corrected chi connectivity index (χ0v) is 38.0. The van der Waals surface area contributed by atoms with Gasteiger partial charge in [-0.2, -0.15) is 0 Å². The topological polar surface area (TPSA) is 99.1 Å². The van der Waals surface area contributed by atoms with Crippen molar-refractivity contribution < 1.29 is 38.2 Å². The predicted molar refractivity (Wildman–Crippen MR) is 243 cm³/mol. The van der Waals surface area contributed by atoms with Gasteiger partial charge in [0, 0.05) is 19.3 Å². The van der Waals surface area contributed by atoms with Crippen LogP contribution in [0.4, 0.5) is 0 Å². The standard InChI is InChI=1S/C50H87NO7/c1-6-8-10-12-14-16-18-19-20-21-22-23-24-25-26-27-28-29-31-33-35-37-39-41-49(53)58-46(44-56-43-42-47(50(54)55)51(3,4)5)45-57-48(52)40-38-36-34-32-30-17-15-13-11-9-7-2/h9,11,15,17,22-23,25-26,32,34,46-47H,6-8,10,12-14,16,18-21,24,27-31,33,35-45H2,1-5H3/p+1/b11-9+,17-15+,23-22+,26-25+,34-32+. The van der Waals surface area contributed by atoms with Crippen LogP contribution in [0.15, 0.2) is 60.8 Å². The molecule has 0 aliphatic heterocycles. The van der Waals surface area contributed by atoms with Gasteiger partial charge in [0.05, 0.1) is 34.4 Å². The summed E-state index contributed by atoms with van der Waals surface area (Å²) in [5, 5.41) is 9.62. The number of carboxylic acids is 1. The van der Waals surface area contributed by atoms with Crippen molar-refractivity contribution >= 4 is 17.9 Å². The van der Waals surface area contributed by atoms with E-state index in [0.29, 0.717) is 19.3 Å². The van der Waals surface area contributed by atoms with E-state index < -0.39 is 18.1 Å². The molecule has 8 nitrogen and oxygen atoms in total. The molecule has 0 aliphatic carbocycles. The molecule has 0 aliphatic rings. The molecule has 0 aromatic heterocycles. The third-order valence-corrected chi connectivity index (χ3v) is 10.2. The highest BCUT2D eigenvalue weighted by Crippen LogP contribution is 2.14. The van der Waals surface area contributed by atoms with Gasteiger partial charge in [0.15, 0.2) is 12.1 Å². The molecule has 2 atom stereocenters. The minimum Gasteiger partial charge on any atom is -0.477 e. The molecule has 0 saturated heterocycles. The number of allylic oxidation sites excluding steroid dienone is 10. The first kappa shape index (κ1) is 55.0. The highest BCUT2D eigenvalue weighted by molar-refractivity contribution is 5.72. The Bertz CT molecular complexity index is 1130. The molecule has 0 bridgehead atoms. The fourth-order valence-electron chi connectivity index (χ4n) is 6.56. The molecule has 0 rings (SSSR count). The Kier molecular flexibility index (Phi) is 38.7. The van der Waals surface area contributed by atoms with E-state index in [1.54, 1.807) is 0 Å². The number of esters is 2. The maximum Gasteiger partial charge on any atom is 0.362 e. The second kappa shape index (κ2) is 40.8. The summed E-state index contributed by atoms with van der Waals surface area (Å²) in [6.07, 6.45) is 50.0. The van der Waals surface area contributed by atoms with E-state index in [1.807, 2.05) is 21.1 Å². The third-order valence-electron chi connectivity index (χ3n) is 10.2. The van der Waals surface area contributed by atoms with Gasteiger partial charge in [-0.25, -0.2) is 4.79 Å². The van der Waals surface area contributed by atoms with Crippen molar-refractivity contribution in [1.29, 1.82) is 0 Å². The number of quaternary nitrogens is 1. The second-order valence-electron chi connectivity index (χ2n) is 16.6. The van der Waals surface area contributed by atoms with Crippen molar-refractivity contribution in [2.45, 2.75) is 199 Å². The average Bonchev–Trinajstić information content (AvgIpc) is 3.18. The normalized spacial score (nSPS) is 13.5. The van der Waals surface area contributed by atoms with E-state index in [0.717, 1.165) is 57.8 Å². The lowest BCUT2D eigenvalue weighted by Crippen LogP contribution is -2.50. The summed E-state index contributed by atoms with van der Waals surface area (Å²) >= 11 is 0. The number of rotatable bonds is 41. The third kappa shape index (κ3) is 38.5. The number of carbonyl (C=O) groups excluding carboxylic acids is 2. The fraction of sp³-hybridized carbons (Fsp3) is 0.740. The predicted octanol–water partition coefficient (Wildman–Crippen LogP) is 13.0. The Labute approximate surface area is 356 Å². The molecule has 0 spiro atoms. The highest BCUT2D eigenvalue weighted by Gasteiger charge is 2.31. The van der Waals surface area contributed by atoms with Crippen LogP contribution in [0.25, 0.3) is 0 Å². The van der Waals surface area contributed by atoms with Crippen molar-refractivity contribution in [3.8, 4) is 0 Å². The van der Waals surface area contributed by atoms with Crippen LogP contribution in [0, 0.1) is 0 Å². The molecule has 2 unspecified atom stereocenters. The number of unbranched alkanes of at least 4 members (excludes halogenated alkanes) is 17. The number of hydrogen-bond donors (Lipinski definition) is 1. The van der Waals surface area contributed by atoms with Crippen LogP contribution in [0.1, 0.15) is 187 Å². The summed E-state index contributed by atoms with van der Waals surface area (Å²) in [4.78, 5) is 36.9. The van der Waals surface area contributed by atoms with E-state index >= 15 is 0 Å². The fourth-order valence-corrected chi connectivity index (χ4v) is 6.56. The van der Waals surface area contributed by atoms with Gasteiger partial charge in [0.1, 0.15) is 6.61 Å². The maximum atomic E-state index is 12.7. The molecule has 334 valence electrons. The lowest BCUT2D eigenvalue weighted by Gasteiger charge is -2.31. The van der Waals surface area contributed by atoms with Crippen LogP contribution >= 0.6 is 0 Å². The first-order valence-electron chi connectivity index (χ1n) is 23.3. The van der Waals surface area contributed by atoms with Gasteiger partial charge in [-0.15, -0.1) is 0 Å². The average molecular weight is 815 g/mol. The Hall–Kier alpha value is -2.97. The lowest BCUT2D eigenvalue weighted by molar-refractivity contribution is -0.887. The second-order valence-corrected chi connectivity index (χ2v) is 16.6. The zero-order valence-electron chi connectivity index (χ0n) is 38.0. The maximum absolute atomic E-state index is 12.7. The van der Waals surface area contributed by atoms with E-state index in [9.17, 15) is 19.5 Å². The number of aliphatic carboxylic acids is 1. The summed E-state index contributed by atoms with van der Waals surface area (Å²) in [7, 11) is 5.50. The number of carbonyl (C=O) groups is 3. The lowest BCUT2D eigenvalue weighted by atomic mass is 10.1. The first-order chi connectivity index (χ1) is 28.1. The minimum atomic E-state index is -0.885. The van der Waals surface area contributed by atoms with Crippen LogP contribution in [-0.4, -0.2) is 80.6 Å². The van der Waals surface area contributed by atoms with Crippen molar-refractivity contribution in [2.75, 3.05) is 41.0 Å². The monoisotopic (exact) mass is 815 g/mol. The van der Waals surface area contributed by atoms with Crippen molar-refractivity contribution in [1.82, 2.24) is 0 Å². The molecule has 0 radical (unpaired) electrons. The van der Waals surface area contributed by atoms with Crippen LogP contribution in [0.2, 0.25) is 0 Å². The van der Waals surface area contributed by atoms with Gasteiger partial charge in [0.2, 0.25) is 0 Å². The van der Waals surface area contributed by atoms with E-state index in [2.05, 4.69) is 74.6 Å². The summed E-state index contributed by atoms with van der Waals surface area (Å²) in [5.41, 5.74) is 0. The Balaban J connectivity index is 4.29. The summed E-state index contributed by atoms with van der Waals surface area (Å²) in [6.45, 7) is 4.55. The number of hydrogen-bond acceptors (Lipinski definition) is 6. The summed E-state index contributed by atoms with van der Waals surface area (Å²) in [6, 6.07) is -0.625. The van der Waals surface area contributed by atoms with Gasteiger partial charge < -0.3 is 23.8 Å². The van der Waals surface area contributed by atoms with E-state index in [1.165, 1.54) is 89.9 Å². The van der Waals surface area contributed by atoms with Crippen molar-refractivity contribution in [3.05, 3.63) is 60.8 Å². The molecule has 0 aromatic rings. The molecular weight excluding hydrogens is 727 g/mol. The van der Waals surface area contributed by atoms with Crippen LogP contribution < -0.4 is 0 Å². The largest absolute Gasteiger partial charge is 0.477 e. The number of ether oxygens (including phenoxy) is 3. The van der Waals surface area contributed by atoms with Crippen molar-refractivity contribution in [3.63, 3.8) is 0 Å². The molecule has 0 fully saturated rings. The summed E-state index contributed by atoms with van der Waals surface area (Å²) in [5.74, 6) is -1.55. The van der Waals surface area contributed by atoms with Crippen LogP contribution in [0.3, 0.4) is 0 Å². The van der Waals surface area contributed by atoms with E-state index in [-0.39, 0.29) is 42.7 Å². The summed E-state index contributed by atoms with van der Waals surface area (Å²) < 4.78 is 17.2. The number of nitrogens with zero attached hydrogens (tertiary/aromatic N) is 1. The van der Waals surface area contributed by atoms with Gasteiger partial charge in [0.25, 0.3) is 0 Å². The quantitative estimate of drug-likeness (QED) is 0.0284. The Morgan fingerprint density at radius 2 is 0.983 bits per heavy atom. The zero-order chi connectivity index (χ0) is 42.8. The Morgan fingerprint density at radius 3 is 1.48 bits per heavy atom. The van der Waals surface area contributed by atoms with Gasteiger partial charge in [-0.05, 0) is 70.6 Å². The van der Waals surface area contributed by atoms with Gasteiger partial charge in [-0.3, -0.25) is 9.59 Å². The molecule has 8 heteroatoms. The minimum absolute atomic E-state index is 0.0400. The Morgan fingerprint density at radius 1 is 0.534 bits per heavy atom. The molecule has 58 heavy (non-hydrogen) atoms. The van der Waals surface area contributed by atoms with Crippen LogP contribution in [-0.2, 0) is 28.6 Å². The molecule has 0 amide bonds. The van der Waals surface area contributed by atoms with Gasteiger partial charge >= 0.3 is 17.9 Å². The SMILES string of the molecule is CC/C=C/C/C=C/C/C=C/CCCC(=O)OCC(COCCC(C(=O)O)[N+](C)(C)C)OC(=O)CCCCCCCCC/C=C/C/C=C/CCCCCCCCCCC. The van der Waals surface area contributed by atoms with Crippen LogP contribution in [0.5, 0.6) is 0 Å². The highest BCUT2D eigenvalue weighted by atomic mass is 16.6. The first-order valence-corrected chi connectivity index (χ1v) is 23.3. The number of likely N-dealkylation sites (N-methyl/N-ethyl adjacent to an activating group) is 1. The molecule has 1 N–H and O–H groups in total. The molecular formula is C50H88NO7+. The van der Waals surface area contributed by atoms with E-state index in [4.69, 9.17) is 14.2 Å². The smallest absolute Gasteiger partial charge is 0.362 e. The molecule has 0 aromatic carbocycles. The van der Waals surface area contributed by atoms with Gasteiger partial charge in [-0.1, -0.05) is 158 Å². The molecule has 0 heterocycles. The number of carboxylic acid groups (broad SMARTS) is 1.